The highest BCUT2D eigenvalue weighted by molar-refractivity contribution is 5.83. The van der Waals surface area contributed by atoms with Gasteiger partial charge in [-0.05, 0) is 28.7 Å². The van der Waals surface area contributed by atoms with Crippen LogP contribution >= 0.6 is 0 Å². The molecule has 0 spiro atoms. The zero-order valence-corrected chi connectivity index (χ0v) is 17.0. The summed E-state index contributed by atoms with van der Waals surface area (Å²) in [5, 5.41) is 22.8. The second-order valence-electron chi connectivity index (χ2n) is 7.33. The van der Waals surface area contributed by atoms with Gasteiger partial charge in [0.05, 0.1) is 0 Å². The van der Waals surface area contributed by atoms with Gasteiger partial charge in [0, 0.05) is 31.9 Å². The number of rotatable bonds is 10. The highest BCUT2D eigenvalue weighted by Gasteiger charge is 2.29. The summed E-state index contributed by atoms with van der Waals surface area (Å²) in [6.07, 6.45) is -0.231. The Morgan fingerprint density at radius 2 is 1.61 bits per heavy atom. The van der Waals surface area contributed by atoms with Crippen LogP contribution in [0.2, 0.25) is 0 Å². The number of ether oxygens (including phenoxy) is 1. The summed E-state index contributed by atoms with van der Waals surface area (Å²) >= 11 is 0. The van der Waals surface area contributed by atoms with E-state index in [-0.39, 0.29) is 38.5 Å². The molecule has 2 aromatic carbocycles. The van der Waals surface area contributed by atoms with Crippen molar-refractivity contribution in [1.82, 2.24) is 10.6 Å². The number of amides is 2. The average Bonchev–Trinajstić information content (AvgIpc) is 3.09. The number of benzene rings is 2. The molecule has 0 heterocycles. The molecule has 0 aromatic heterocycles. The third-order valence-corrected chi connectivity index (χ3v) is 5.24. The Morgan fingerprint density at radius 1 is 1.00 bits per heavy atom. The van der Waals surface area contributed by atoms with Crippen LogP contribution in [-0.4, -0.2) is 54.0 Å². The standard InChI is InChI=1S/C23H26N2O6/c26-13-11-20(22(28)29)25-21(27)10-5-12-24-23(30)31-14-19-17-8-3-1-6-15(17)16-7-2-4-9-18(16)19/h1-4,6-9,19-20,26H,5,10-14H2,(H,24,30)(H,25,27)(H,28,29)/t20-/m1/s1. The highest BCUT2D eigenvalue weighted by atomic mass is 16.5. The fraction of sp³-hybridized carbons (Fsp3) is 0.348. The lowest BCUT2D eigenvalue weighted by atomic mass is 9.98. The third-order valence-electron chi connectivity index (χ3n) is 5.24. The van der Waals surface area contributed by atoms with Crippen LogP contribution < -0.4 is 10.6 Å². The van der Waals surface area contributed by atoms with E-state index in [0.717, 1.165) is 22.3 Å². The normalized spacial score (nSPS) is 13.1. The van der Waals surface area contributed by atoms with Crippen LogP contribution in [0.25, 0.3) is 11.1 Å². The summed E-state index contributed by atoms with van der Waals surface area (Å²) in [6, 6.07) is 15.0. The molecule has 0 radical (unpaired) electrons. The van der Waals surface area contributed by atoms with Gasteiger partial charge >= 0.3 is 12.1 Å². The van der Waals surface area contributed by atoms with E-state index < -0.39 is 24.0 Å². The van der Waals surface area contributed by atoms with E-state index in [1.807, 2.05) is 36.4 Å². The Hall–Kier alpha value is -3.39. The molecular weight excluding hydrogens is 400 g/mol. The second kappa shape index (κ2) is 10.6. The fourth-order valence-electron chi connectivity index (χ4n) is 3.74. The summed E-state index contributed by atoms with van der Waals surface area (Å²) in [6.45, 7) is 0.101. The van der Waals surface area contributed by atoms with Gasteiger partial charge in [0.2, 0.25) is 5.91 Å². The smallest absolute Gasteiger partial charge is 0.407 e. The van der Waals surface area contributed by atoms with E-state index in [4.69, 9.17) is 14.9 Å². The maximum atomic E-state index is 12.1. The molecule has 1 aliphatic carbocycles. The minimum absolute atomic E-state index is 0.0246. The molecule has 0 saturated heterocycles. The molecule has 2 aromatic rings. The van der Waals surface area contributed by atoms with Gasteiger partial charge in [0.1, 0.15) is 12.6 Å². The molecule has 0 aliphatic heterocycles. The molecule has 1 aliphatic rings. The zero-order chi connectivity index (χ0) is 22.2. The number of aliphatic hydroxyl groups excluding tert-OH is 1. The van der Waals surface area contributed by atoms with Crippen LogP contribution in [-0.2, 0) is 14.3 Å². The molecule has 0 saturated carbocycles. The number of hydrogen-bond acceptors (Lipinski definition) is 5. The quantitative estimate of drug-likeness (QED) is 0.432. The number of carboxylic acids is 1. The molecule has 8 heteroatoms. The number of carboxylic acid groups (broad SMARTS) is 1. The van der Waals surface area contributed by atoms with Crippen molar-refractivity contribution >= 4 is 18.0 Å². The summed E-state index contributed by atoms with van der Waals surface area (Å²) in [7, 11) is 0. The predicted molar refractivity (Wildman–Crippen MR) is 114 cm³/mol. The minimum Gasteiger partial charge on any atom is -0.480 e. The minimum atomic E-state index is -1.20. The van der Waals surface area contributed by atoms with Gasteiger partial charge in [-0.25, -0.2) is 9.59 Å². The zero-order valence-electron chi connectivity index (χ0n) is 17.0. The first-order valence-corrected chi connectivity index (χ1v) is 10.2. The Morgan fingerprint density at radius 3 is 2.19 bits per heavy atom. The lowest BCUT2D eigenvalue weighted by molar-refractivity contribution is -0.142. The number of carbonyl (C=O) groups is 3. The van der Waals surface area contributed by atoms with Crippen LogP contribution in [0, 0.1) is 0 Å². The largest absolute Gasteiger partial charge is 0.480 e. The lowest BCUT2D eigenvalue weighted by Crippen LogP contribution is -2.41. The first-order chi connectivity index (χ1) is 15.0. The number of hydrogen-bond donors (Lipinski definition) is 4. The van der Waals surface area contributed by atoms with Gasteiger partial charge in [0.25, 0.3) is 0 Å². The Balaban J connectivity index is 1.42. The van der Waals surface area contributed by atoms with Crippen molar-refractivity contribution in [1.29, 1.82) is 0 Å². The Bertz CT molecular complexity index is 900. The molecule has 0 fully saturated rings. The number of carbonyl (C=O) groups excluding carboxylic acids is 2. The molecule has 164 valence electrons. The molecule has 8 nitrogen and oxygen atoms in total. The van der Waals surface area contributed by atoms with E-state index in [9.17, 15) is 14.4 Å². The van der Waals surface area contributed by atoms with Crippen molar-refractivity contribution in [2.24, 2.45) is 0 Å². The Kier molecular flexibility index (Phi) is 7.61. The molecule has 0 bridgehead atoms. The van der Waals surface area contributed by atoms with Crippen molar-refractivity contribution < 1.29 is 29.3 Å². The maximum Gasteiger partial charge on any atom is 0.407 e. The summed E-state index contributed by atoms with van der Waals surface area (Å²) in [4.78, 5) is 34.9. The van der Waals surface area contributed by atoms with E-state index in [0.29, 0.717) is 6.42 Å². The van der Waals surface area contributed by atoms with Crippen molar-refractivity contribution in [3.63, 3.8) is 0 Å². The van der Waals surface area contributed by atoms with Gasteiger partial charge < -0.3 is 25.6 Å². The predicted octanol–water partition coefficient (Wildman–Crippen LogP) is 2.26. The number of aliphatic hydroxyl groups is 1. The van der Waals surface area contributed by atoms with Crippen LogP contribution in [0.5, 0.6) is 0 Å². The van der Waals surface area contributed by atoms with Crippen molar-refractivity contribution in [2.75, 3.05) is 19.8 Å². The van der Waals surface area contributed by atoms with Crippen molar-refractivity contribution in [3.05, 3.63) is 59.7 Å². The van der Waals surface area contributed by atoms with E-state index in [1.54, 1.807) is 0 Å². The summed E-state index contributed by atoms with van der Waals surface area (Å²) in [5.74, 6) is -1.67. The molecule has 31 heavy (non-hydrogen) atoms. The highest BCUT2D eigenvalue weighted by Crippen LogP contribution is 2.44. The average molecular weight is 426 g/mol. The molecule has 4 N–H and O–H groups in total. The van der Waals surface area contributed by atoms with Gasteiger partial charge in [0.15, 0.2) is 0 Å². The lowest BCUT2D eigenvalue weighted by Gasteiger charge is -2.15. The summed E-state index contributed by atoms with van der Waals surface area (Å²) < 4.78 is 5.42. The first-order valence-electron chi connectivity index (χ1n) is 10.2. The van der Waals surface area contributed by atoms with Gasteiger partial charge in [-0.1, -0.05) is 48.5 Å². The molecular formula is C23H26N2O6. The summed E-state index contributed by atoms with van der Waals surface area (Å²) in [5.41, 5.74) is 4.56. The fourth-order valence-corrected chi connectivity index (χ4v) is 3.74. The second-order valence-corrected chi connectivity index (χ2v) is 7.33. The Labute approximate surface area is 180 Å². The van der Waals surface area contributed by atoms with Gasteiger partial charge in [-0.15, -0.1) is 0 Å². The van der Waals surface area contributed by atoms with Crippen molar-refractivity contribution in [3.8, 4) is 11.1 Å². The van der Waals surface area contributed by atoms with Gasteiger partial charge in [-0.3, -0.25) is 4.79 Å². The van der Waals surface area contributed by atoms with E-state index >= 15 is 0 Å². The SMILES string of the molecule is O=C(CCCNC(=O)OCC1c2ccccc2-c2ccccc21)N[C@H](CCO)C(=O)O. The molecule has 1 atom stereocenters. The number of alkyl carbamates (subject to hydrolysis) is 1. The number of aliphatic carboxylic acids is 1. The molecule has 3 rings (SSSR count). The van der Waals surface area contributed by atoms with E-state index in [2.05, 4.69) is 22.8 Å². The monoisotopic (exact) mass is 426 g/mol. The van der Waals surface area contributed by atoms with Crippen molar-refractivity contribution in [2.45, 2.75) is 31.2 Å². The number of nitrogens with one attached hydrogen (secondary N) is 2. The van der Waals surface area contributed by atoms with Crippen LogP contribution in [0.15, 0.2) is 48.5 Å². The van der Waals surface area contributed by atoms with E-state index in [1.165, 1.54) is 0 Å². The third kappa shape index (κ3) is 5.61. The van der Waals surface area contributed by atoms with Crippen LogP contribution in [0.3, 0.4) is 0 Å². The molecule has 0 unspecified atom stereocenters. The maximum absolute atomic E-state index is 12.1. The molecule has 2 amide bonds. The van der Waals surface area contributed by atoms with Gasteiger partial charge in [-0.2, -0.15) is 0 Å². The first kappa shape index (κ1) is 22.3. The topological polar surface area (TPSA) is 125 Å². The number of fused-ring (bicyclic) bond motifs is 3. The van der Waals surface area contributed by atoms with Crippen LogP contribution in [0.4, 0.5) is 4.79 Å². The van der Waals surface area contributed by atoms with Crippen LogP contribution in [0.1, 0.15) is 36.3 Å².